The molecule has 31 heavy (non-hydrogen) atoms. The summed E-state index contributed by atoms with van der Waals surface area (Å²) in [6, 6.07) is 13.5. The first-order chi connectivity index (χ1) is 15.0. The van der Waals surface area contributed by atoms with E-state index in [4.69, 9.17) is 27.3 Å². The first kappa shape index (κ1) is 19.7. The lowest BCUT2D eigenvalue weighted by molar-refractivity contribution is 0.311. The van der Waals surface area contributed by atoms with E-state index in [1.807, 2.05) is 24.3 Å². The van der Waals surface area contributed by atoms with Crippen molar-refractivity contribution in [3.8, 4) is 16.9 Å². The zero-order valence-electron chi connectivity index (χ0n) is 17.0. The molecule has 0 atom stereocenters. The standard InChI is InChI=1S/C22H21ClFN7/c1-29-10-12-30(13-11-29)22-26-19(16-4-2-3-5-17(16)23)18-20(25)31(28-21(18)27-22)15-8-6-14(24)7-9-15/h2-9H,10-13,25H2,1H3. The van der Waals surface area contributed by atoms with E-state index in [-0.39, 0.29) is 5.82 Å². The number of hydrogen-bond acceptors (Lipinski definition) is 6. The summed E-state index contributed by atoms with van der Waals surface area (Å²) >= 11 is 6.52. The van der Waals surface area contributed by atoms with E-state index >= 15 is 0 Å². The van der Waals surface area contributed by atoms with Gasteiger partial charge in [0.05, 0.1) is 16.8 Å². The molecule has 0 unspecified atom stereocenters. The highest BCUT2D eigenvalue weighted by molar-refractivity contribution is 6.33. The second-order valence-corrected chi connectivity index (χ2v) is 8.02. The average Bonchev–Trinajstić information content (AvgIpc) is 3.11. The second-order valence-electron chi connectivity index (χ2n) is 7.61. The summed E-state index contributed by atoms with van der Waals surface area (Å²) in [4.78, 5) is 14.0. The van der Waals surface area contributed by atoms with Crippen molar-refractivity contribution in [3.05, 3.63) is 59.4 Å². The lowest BCUT2D eigenvalue weighted by atomic mass is 10.1. The molecular formula is C22H21ClFN7. The van der Waals surface area contributed by atoms with E-state index in [1.165, 1.54) is 12.1 Å². The van der Waals surface area contributed by atoms with Gasteiger partial charge in [0, 0.05) is 36.8 Å². The summed E-state index contributed by atoms with van der Waals surface area (Å²) in [5.74, 6) is 0.647. The van der Waals surface area contributed by atoms with Gasteiger partial charge in [-0.1, -0.05) is 29.8 Å². The maximum atomic E-state index is 13.4. The van der Waals surface area contributed by atoms with Crippen molar-refractivity contribution in [1.29, 1.82) is 0 Å². The predicted octanol–water partition coefficient (Wildman–Crippen LogP) is 3.61. The minimum absolute atomic E-state index is 0.326. The number of nitrogens with zero attached hydrogens (tertiary/aromatic N) is 6. The van der Waals surface area contributed by atoms with Crippen LogP contribution in [0.2, 0.25) is 5.02 Å². The quantitative estimate of drug-likeness (QED) is 0.527. The minimum atomic E-state index is -0.326. The molecule has 5 rings (SSSR count). The highest BCUT2D eigenvalue weighted by atomic mass is 35.5. The number of nitrogens with two attached hydrogens (primary N) is 1. The van der Waals surface area contributed by atoms with Crippen LogP contribution in [0.15, 0.2) is 48.5 Å². The highest BCUT2D eigenvalue weighted by Crippen LogP contribution is 2.36. The average molecular weight is 438 g/mol. The fourth-order valence-electron chi connectivity index (χ4n) is 3.78. The Morgan fingerprint density at radius 2 is 1.68 bits per heavy atom. The summed E-state index contributed by atoms with van der Waals surface area (Å²) in [5, 5.41) is 5.83. The van der Waals surface area contributed by atoms with Crippen LogP contribution in [0.25, 0.3) is 28.0 Å². The van der Waals surface area contributed by atoms with Crippen LogP contribution in [0.3, 0.4) is 0 Å². The number of aromatic nitrogens is 4. The van der Waals surface area contributed by atoms with Gasteiger partial charge in [0.15, 0.2) is 5.65 Å². The van der Waals surface area contributed by atoms with Crippen LogP contribution in [-0.2, 0) is 0 Å². The van der Waals surface area contributed by atoms with Gasteiger partial charge in [0.1, 0.15) is 11.6 Å². The van der Waals surface area contributed by atoms with Gasteiger partial charge >= 0.3 is 0 Å². The molecule has 0 bridgehead atoms. The molecule has 2 N–H and O–H groups in total. The number of piperazine rings is 1. The number of likely N-dealkylation sites (N-methyl/N-ethyl adjacent to an activating group) is 1. The van der Waals surface area contributed by atoms with Gasteiger partial charge < -0.3 is 15.5 Å². The van der Waals surface area contributed by atoms with Gasteiger partial charge in [-0.2, -0.15) is 4.98 Å². The van der Waals surface area contributed by atoms with Crippen LogP contribution in [0.5, 0.6) is 0 Å². The van der Waals surface area contributed by atoms with E-state index in [1.54, 1.807) is 16.8 Å². The number of fused-ring (bicyclic) bond motifs is 1. The molecule has 158 valence electrons. The van der Waals surface area contributed by atoms with Crippen molar-refractivity contribution < 1.29 is 4.39 Å². The lowest BCUT2D eigenvalue weighted by Gasteiger charge is -2.32. The Balaban J connectivity index is 1.73. The van der Waals surface area contributed by atoms with Gasteiger partial charge in [-0.3, -0.25) is 0 Å². The number of benzene rings is 2. The third-order valence-electron chi connectivity index (χ3n) is 5.54. The van der Waals surface area contributed by atoms with Crippen LogP contribution >= 0.6 is 11.6 Å². The second kappa shape index (κ2) is 7.79. The smallest absolute Gasteiger partial charge is 0.228 e. The SMILES string of the molecule is CN1CCN(c2nc(-c3ccccc3Cl)c3c(N)n(-c4ccc(F)cc4)nc3n2)CC1. The van der Waals surface area contributed by atoms with Crippen molar-refractivity contribution in [1.82, 2.24) is 24.6 Å². The predicted molar refractivity (Wildman–Crippen MR) is 121 cm³/mol. The monoisotopic (exact) mass is 437 g/mol. The van der Waals surface area contributed by atoms with Crippen molar-refractivity contribution in [2.75, 3.05) is 43.9 Å². The van der Waals surface area contributed by atoms with Gasteiger partial charge in [0.2, 0.25) is 5.95 Å². The normalized spacial score (nSPS) is 15.0. The third kappa shape index (κ3) is 3.58. The molecule has 2 aromatic carbocycles. The summed E-state index contributed by atoms with van der Waals surface area (Å²) in [7, 11) is 2.10. The Morgan fingerprint density at radius 1 is 0.968 bits per heavy atom. The van der Waals surface area contributed by atoms with Crippen molar-refractivity contribution >= 4 is 34.4 Å². The van der Waals surface area contributed by atoms with E-state index in [0.717, 1.165) is 31.7 Å². The van der Waals surface area contributed by atoms with Crippen LogP contribution < -0.4 is 10.6 Å². The molecular weight excluding hydrogens is 417 g/mol. The Hall–Kier alpha value is -3.23. The maximum Gasteiger partial charge on any atom is 0.228 e. The molecule has 1 aliphatic heterocycles. The molecule has 1 fully saturated rings. The molecule has 9 heteroatoms. The Labute approximate surface area is 183 Å². The summed E-state index contributed by atoms with van der Waals surface area (Å²) in [6.07, 6.45) is 0. The van der Waals surface area contributed by atoms with Crippen molar-refractivity contribution in [2.45, 2.75) is 0 Å². The van der Waals surface area contributed by atoms with Crippen LogP contribution in [0.4, 0.5) is 16.2 Å². The number of rotatable bonds is 3. The molecule has 3 heterocycles. The van der Waals surface area contributed by atoms with Crippen molar-refractivity contribution in [2.24, 2.45) is 0 Å². The molecule has 0 aliphatic carbocycles. The highest BCUT2D eigenvalue weighted by Gasteiger charge is 2.24. The molecule has 0 spiro atoms. The summed E-state index contributed by atoms with van der Waals surface area (Å²) < 4.78 is 15.0. The Morgan fingerprint density at radius 3 is 2.39 bits per heavy atom. The maximum absolute atomic E-state index is 13.4. The number of halogens is 2. The largest absolute Gasteiger partial charge is 0.383 e. The molecule has 0 radical (unpaired) electrons. The molecule has 2 aromatic heterocycles. The van der Waals surface area contributed by atoms with Gasteiger partial charge in [-0.15, -0.1) is 5.10 Å². The fraction of sp³-hybridized carbons (Fsp3) is 0.227. The zero-order chi connectivity index (χ0) is 21.5. The molecule has 7 nitrogen and oxygen atoms in total. The van der Waals surface area contributed by atoms with Gasteiger partial charge in [-0.25, -0.2) is 14.1 Å². The van der Waals surface area contributed by atoms with Gasteiger partial charge in [-0.05, 0) is 37.4 Å². The molecule has 4 aromatic rings. The number of nitrogen functional groups attached to an aromatic ring is 1. The van der Waals surface area contributed by atoms with Crippen LogP contribution in [-0.4, -0.2) is 57.9 Å². The number of anilines is 2. The van der Waals surface area contributed by atoms with E-state index < -0.39 is 0 Å². The van der Waals surface area contributed by atoms with E-state index in [9.17, 15) is 4.39 Å². The lowest BCUT2D eigenvalue weighted by Crippen LogP contribution is -2.45. The van der Waals surface area contributed by atoms with Crippen LogP contribution in [0, 0.1) is 5.82 Å². The minimum Gasteiger partial charge on any atom is -0.383 e. The molecule has 1 aliphatic rings. The number of hydrogen-bond donors (Lipinski definition) is 1. The topological polar surface area (TPSA) is 76.1 Å². The molecule has 0 saturated carbocycles. The molecule has 0 amide bonds. The van der Waals surface area contributed by atoms with E-state index in [2.05, 4.69) is 21.9 Å². The summed E-state index contributed by atoms with van der Waals surface area (Å²) in [5.41, 5.74) is 9.02. The van der Waals surface area contributed by atoms with Gasteiger partial charge in [0.25, 0.3) is 0 Å². The van der Waals surface area contributed by atoms with E-state index in [0.29, 0.717) is 39.2 Å². The first-order valence-electron chi connectivity index (χ1n) is 10.0. The first-order valence-corrected chi connectivity index (χ1v) is 10.4. The third-order valence-corrected chi connectivity index (χ3v) is 5.87. The Bertz CT molecular complexity index is 1250. The zero-order valence-corrected chi connectivity index (χ0v) is 17.7. The summed E-state index contributed by atoms with van der Waals surface area (Å²) in [6.45, 7) is 3.49. The molecule has 1 saturated heterocycles. The Kier molecular flexibility index (Phi) is 4.95. The fourth-order valence-corrected chi connectivity index (χ4v) is 4.00. The van der Waals surface area contributed by atoms with Crippen molar-refractivity contribution in [3.63, 3.8) is 0 Å². The van der Waals surface area contributed by atoms with Crippen LogP contribution in [0.1, 0.15) is 0 Å².